The van der Waals surface area contributed by atoms with Crippen molar-refractivity contribution in [1.29, 1.82) is 0 Å². The third kappa shape index (κ3) is 1.77. The van der Waals surface area contributed by atoms with Gasteiger partial charge in [-0.05, 0) is 42.0 Å². The third-order valence-electron chi connectivity index (χ3n) is 5.14. The molecule has 5 aromatic rings. The van der Waals surface area contributed by atoms with Crippen molar-refractivity contribution >= 4 is 81.7 Å². The number of nitrogens with one attached hydrogen (secondary N) is 2. The van der Waals surface area contributed by atoms with Gasteiger partial charge in [0, 0.05) is 53.3 Å². The summed E-state index contributed by atoms with van der Waals surface area (Å²) in [5.74, 6) is 0. The standard InChI is InChI=1S/C20H11Br2N3/c21-9-1-3-15-11(5-9)17-13-7-23-8-14(13)18-12-6-10(22)2-4-16(12)25-20(18)19(17)24-15/h1-7,24-25H,8H2. The molecular weight excluding hydrogens is 442 g/mol. The van der Waals surface area contributed by atoms with E-state index < -0.39 is 0 Å². The summed E-state index contributed by atoms with van der Waals surface area (Å²) in [7, 11) is 0. The Hall–Kier alpha value is -2.11. The summed E-state index contributed by atoms with van der Waals surface area (Å²) in [6, 6.07) is 12.8. The van der Waals surface area contributed by atoms with Gasteiger partial charge in [-0.1, -0.05) is 31.9 Å². The fourth-order valence-corrected chi connectivity index (χ4v) is 4.84. The number of aliphatic imine (C=N–C) groups is 1. The minimum absolute atomic E-state index is 0.738. The average Bonchev–Trinajstić information content (AvgIpc) is 3.27. The van der Waals surface area contributed by atoms with Crippen molar-refractivity contribution in [3.05, 3.63) is 56.5 Å². The van der Waals surface area contributed by atoms with Crippen LogP contribution in [-0.2, 0) is 6.54 Å². The van der Waals surface area contributed by atoms with Gasteiger partial charge >= 0.3 is 0 Å². The summed E-state index contributed by atoms with van der Waals surface area (Å²) in [4.78, 5) is 11.9. The third-order valence-corrected chi connectivity index (χ3v) is 6.12. The van der Waals surface area contributed by atoms with E-state index >= 15 is 0 Å². The molecule has 0 radical (unpaired) electrons. The molecule has 0 aliphatic carbocycles. The first kappa shape index (κ1) is 14.1. The van der Waals surface area contributed by atoms with Crippen LogP contribution >= 0.6 is 31.9 Å². The lowest BCUT2D eigenvalue weighted by atomic mass is 9.97. The highest BCUT2D eigenvalue weighted by Crippen LogP contribution is 2.42. The Kier molecular flexibility index (Phi) is 2.67. The molecule has 3 nitrogen and oxygen atoms in total. The number of fused-ring (bicyclic) bond motifs is 10. The molecule has 0 bridgehead atoms. The van der Waals surface area contributed by atoms with Crippen molar-refractivity contribution in [2.75, 3.05) is 0 Å². The summed E-state index contributed by atoms with van der Waals surface area (Å²) in [6.45, 7) is 0.738. The van der Waals surface area contributed by atoms with Crippen molar-refractivity contribution in [1.82, 2.24) is 9.97 Å². The minimum Gasteiger partial charge on any atom is -0.353 e. The van der Waals surface area contributed by atoms with E-state index in [4.69, 9.17) is 0 Å². The van der Waals surface area contributed by atoms with Crippen LogP contribution in [-0.4, -0.2) is 16.2 Å². The predicted octanol–water partition coefficient (Wildman–Crippen LogP) is 6.41. The Bertz CT molecular complexity index is 1390. The molecule has 6 rings (SSSR count). The Morgan fingerprint density at radius 3 is 2.08 bits per heavy atom. The number of H-pyrrole nitrogens is 2. The maximum Gasteiger partial charge on any atom is 0.0717 e. The van der Waals surface area contributed by atoms with E-state index in [9.17, 15) is 0 Å². The normalized spacial score (nSPS) is 13.7. The molecule has 3 aromatic carbocycles. The number of halogens is 2. The van der Waals surface area contributed by atoms with E-state index in [0.717, 1.165) is 32.0 Å². The van der Waals surface area contributed by atoms with Gasteiger partial charge in [-0.3, -0.25) is 4.99 Å². The maximum atomic E-state index is 4.59. The summed E-state index contributed by atoms with van der Waals surface area (Å²) in [5, 5.41) is 5.01. The van der Waals surface area contributed by atoms with Crippen LogP contribution in [0.4, 0.5) is 0 Å². The Balaban J connectivity index is 1.96. The Labute approximate surface area is 159 Å². The lowest BCUT2D eigenvalue weighted by Crippen LogP contribution is -1.88. The van der Waals surface area contributed by atoms with E-state index in [2.05, 4.69) is 83.2 Å². The SMILES string of the molecule is Brc1ccc2[nH]c3c4[nH]c5ccc(Br)cc5c4c4c(c3c2c1)C=NC4. The predicted molar refractivity (Wildman–Crippen MR) is 112 cm³/mol. The molecule has 1 aliphatic heterocycles. The van der Waals surface area contributed by atoms with Crippen LogP contribution in [0.25, 0.3) is 43.6 Å². The van der Waals surface area contributed by atoms with Crippen LogP contribution in [0.15, 0.2) is 50.3 Å². The van der Waals surface area contributed by atoms with Crippen molar-refractivity contribution in [3.63, 3.8) is 0 Å². The molecule has 0 atom stereocenters. The molecule has 25 heavy (non-hydrogen) atoms. The Morgan fingerprint density at radius 2 is 1.40 bits per heavy atom. The van der Waals surface area contributed by atoms with E-state index in [1.165, 1.54) is 38.2 Å². The largest absolute Gasteiger partial charge is 0.353 e. The molecule has 2 aromatic heterocycles. The topological polar surface area (TPSA) is 43.9 Å². The van der Waals surface area contributed by atoms with Gasteiger partial charge in [-0.25, -0.2) is 0 Å². The zero-order chi connectivity index (χ0) is 16.7. The van der Waals surface area contributed by atoms with Gasteiger partial charge in [0.1, 0.15) is 0 Å². The van der Waals surface area contributed by atoms with E-state index in [1.807, 2.05) is 6.21 Å². The van der Waals surface area contributed by atoms with Gasteiger partial charge in [0.2, 0.25) is 0 Å². The van der Waals surface area contributed by atoms with Crippen LogP contribution in [0, 0.1) is 0 Å². The van der Waals surface area contributed by atoms with Crippen LogP contribution in [0.3, 0.4) is 0 Å². The van der Waals surface area contributed by atoms with E-state index in [1.54, 1.807) is 0 Å². The second-order valence-electron chi connectivity index (χ2n) is 6.49. The zero-order valence-corrected chi connectivity index (χ0v) is 16.1. The number of hydrogen-bond donors (Lipinski definition) is 2. The monoisotopic (exact) mass is 451 g/mol. The highest BCUT2D eigenvalue weighted by molar-refractivity contribution is 9.10. The molecule has 5 heteroatoms. The van der Waals surface area contributed by atoms with Gasteiger partial charge in [-0.15, -0.1) is 0 Å². The molecule has 1 aliphatic rings. The number of hydrogen-bond acceptors (Lipinski definition) is 1. The van der Waals surface area contributed by atoms with Gasteiger partial charge in [-0.2, -0.15) is 0 Å². The minimum atomic E-state index is 0.738. The van der Waals surface area contributed by atoms with Crippen molar-refractivity contribution < 1.29 is 0 Å². The molecule has 0 fully saturated rings. The molecule has 2 N–H and O–H groups in total. The smallest absolute Gasteiger partial charge is 0.0717 e. The first-order valence-electron chi connectivity index (χ1n) is 8.07. The number of rotatable bonds is 0. The summed E-state index contributed by atoms with van der Waals surface area (Å²) in [6.07, 6.45) is 2.03. The number of nitrogens with zero attached hydrogens (tertiary/aromatic N) is 1. The van der Waals surface area contributed by atoms with E-state index in [-0.39, 0.29) is 0 Å². The zero-order valence-electron chi connectivity index (χ0n) is 13.0. The van der Waals surface area contributed by atoms with Crippen LogP contribution < -0.4 is 0 Å². The molecule has 0 saturated carbocycles. The van der Waals surface area contributed by atoms with Crippen molar-refractivity contribution in [2.24, 2.45) is 4.99 Å². The first-order chi connectivity index (χ1) is 12.2. The Morgan fingerprint density at radius 1 is 0.800 bits per heavy atom. The molecular formula is C20H11Br2N3. The van der Waals surface area contributed by atoms with E-state index in [0.29, 0.717) is 0 Å². The highest BCUT2D eigenvalue weighted by atomic mass is 79.9. The second kappa shape index (κ2) is 4.74. The summed E-state index contributed by atoms with van der Waals surface area (Å²) in [5.41, 5.74) is 7.18. The fourth-order valence-electron chi connectivity index (χ4n) is 4.12. The summed E-state index contributed by atoms with van der Waals surface area (Å²) < 4.78 is 2.18. The average molecular weight is 453 g/mol. The van der Waals surface area contributed by atoms with Crippen LogP contribution in [0.5, 0.6) is 0 Å². The number of aromatic amines is 2. The molecule has 0 amide bonds. The highest BCUT2D eigenvalue weighted by Gasteiger charge is 2.22. The lowest BCUT2D eigenvalue weighted by Gasteiger charge is -2.05. The molecule has 0 spiro atoms. The quantitative estimate of drug-likeness (QED) is 0.272. The molecule has 0 saturated heterocycles. The number of aromatic nitrogens is 2. The van der Waals surface area contributed by atoms with Gasteiger partial charge in [0.05, 0.1) is 17.6 Å². The van der Waals surface area contributed by atoms with Gasteiger partial charge in [0.25, 0.3) is 0 Å². The first-order valence-corrected chi connectivity index (χ1v) is 9.66. The second-order valence-corrected chi connectivity index (χ2v) is 8.32. The van der Waals surface area contributed by atoms with Crippen LogP contribution in [0.2, 0.25) is 0 Å². The van der Waals surface area contributed by atoms with Gasteiger partial charge < -0.3 is 9.97 Å². The molecule has 3 heterocycles. The molecule has 120 valence electrons. The lowest BCUT2D eigenvalue weighted by molar-refractivity contribution is 1.13. The van der Waals surface area contributed by atoms with Crippen LogP contribution in [0.1, 0.15) is 11.1 Å². The maximum absolute atomic E-state index is 4.59. The van der Waals surface area contributed by atoms with Crippen molar-refractivity contribution in [3.8, 4) is 0 Å². The van der Waals surface area contributed by atoms with Gasteiger partial charge in [0.15, 0.2) is 0 Å². The summed E-state index contributed by atoms with van der Waals surface area (Å²) >= 11 is 7.22. The van der Waals surface area contributed by atoms with Crippen molar-refractivity contribution in [2.45, 2.75) is 6.54 Å². The molecule has 0 unspecified atom stereocenters. The number of benzene rings is 3. The fraction of sp³-hybridized carbons (Fsp3) is 0.0500.